The van der Waals surface area contributed by atoms with Gasteiger partial charge in [-0.1, -0.05) is 6.07 Å². The number of aryl methyl sites for hydroxylation is 1. The predicted molar refractivity (Wildman–Crippen MR) is 135 cm³/mol. The summed E-state index contributed by atoms with van der Waals surface area (Å²) in [5.41, 5.74) is 10.2. The van der Waals surface area contributed by atoms with E-state index in [4.69, 9.17) is 10.5 Å². The van der Waals surface area contributed by atoms with Crippen LogP contribution in [0.1, 0.15) is 21.6 Å². The Hall–Kier alpha value is -4.05. The lowest BCUT2D eigenvalue weighted by Crippen LogP contribution is -2.22. The first-order valence-corrected chi connectivity index (χ1v) is 12.9. The maximum Gasteiger partial charge on any atom is 0.275 e. The van der Waals surface area contributed by atoms with Gasteiger partial charge in [-0.05, 0) is 42.0 Å². The average molecular weight is 493 g/mol. The predicted octanol–water partition coefficient (Wildman–Crippen LogP) is 2.57. The van der Waals surface area contributed by atoms with Gasteiger partial charge in [0.1, 0.15) is 17.0 Å². The molecule has 9 nitrogen and oxygen atoms in total. The average Bonchev–Trinajstić information content (AvgIpc) is 3.07. The van der Waals surface area contributed by atoms with Gasteiger partial charge in [0.15, 0.2) is 9.84 Å². The van der Waals surface area contributed by atoms with Crippen LogP contribution in [0.5, 0.6) is 5.75 Å². The van der Waals surface area contributed by atoms with E-state index < -0.39 is 15.7 Å². The van der Waals surface area contributed by atoms with Gasteiger partial charge >= 0.3 is 0 Å². The van der Waals surface area contributed by atoms with Crippen LogP contribution in [-0.4, -0.2) is 36.8 Å². The number of primary amides is 1. The number of sulfone groups is 1. The van der Waals surface area contributed by atoms with E-state index in [0.29, 0.717) is 39.0 Å². The molecule has 5 rings (SSSR count). The number of methoxy groups -OCH3 is 1. The zero-order chi connectivity index (χ0) is 25.1. The number of nitrogens with one attached hydrogen (secondary N) is 1. The molecule has 1 aliphatic heterocycles. The highest BCUT2D eigenvalue weighted by Gasteiger charge is 2.29. The van der Waals surface area contributed by atoms with Crippen molar-refractivity contribution in [2.24, 2.45) is 12.8 Å². The molecule has 2 aromatic heterocycles. The van der Waals surface area contributed by atoms with Crippen LogP contribution in [0, 0.1) is 0 Å². The van der Waals surface area contributed by atoms with Gasteiger partial charge in [0.2, 0.25) is 0 Å². The molecule has 1 amide bonds. The van der Waals surface area contributed by atoms with E-state index in [1.165, 1.54) is 10.8 Å². The smallest absolute Gasteiger partial charge is 0.275 e. The Bertz CT molecular complexity index is 1680. The lowest BCUT2D eigenvalue weighted by molar-refractivity contribution is 0.0993. The lowest BCUT2D eigenvalue weighted by atomic mass is 9.99. The third-order valence-electron chi connectivity index (χ3n) is 6.21. The minimum Gasteiger partial charge on any atom is -0.497 e. The monoisotopic (exact) mass is 492 g/mol. The van der Waals surface area contributed by atoms with E-state index in [9.17, 15) is 18.0 Å². The Kier molecular flexibility index (Phi) is 5.21. The van der Waals surface area contributed by atoms with Gasteiger partial charge in [0.25, 0.3) is 11.5 Å². The molecule has 1 aliphatic rings. The Balaban J connectivity index is 1.89. The Labute approximate surface area is 201 Å². The molecular formula is C25H24N4O5S. The Morgan fingerprint density at radius 1 is 1.14 bits per heavy atom. The van der Waals surface area contributed by atoms with Crippen LogP contribution < -0.4 is 21.3 Å². The molecule has 35 heavy (non-hydrogen) atoms. The highest BCUT2D eigenvalue weighted by atomic mass is 32.2. The molecule has 3 N–H and O–H groups in total. The second-order valence-electron chi connectivity index (χ2n) is 8.71. The number of aromatic nitrogens is 2. The van der Waals surface area contributed by atoms with E-state index in [-0.39, 0.29) is 23.6 Å². The molecule has 3 heterocycles. The zero-order valence-electron chi connectivity index (χ0n) is 19.5. The molecule has 0 aliphatic carbocycles. The molecule has 0 fully saturated rings. The van der Waals surface area contributed by atoms with Crippen molar-refractivity contribution in [3.05, 3.63) is 75.8 Å². The molecule has 0 saturated heterocycles. The first kappa shape index (κ1) is 22.7. The lowest BCUT2D eigenvalue weighted by Gasteiger charge is -2.15. The van der Waals surface area contributed by atoms with Crippen molar-refractivity contribution in [2.45, 2.75) is 12.3 Å². The van der Waals surface area contributed by atoms with E-state index in [2.05, 4.69) is 5.32 Å². The minimum absolute atomic E-state index is 0.110. The van der Waals surface area contributed by atoms with Gasteiger partial charge in [-0.2, -0.15) is 0 Å². The maximum atomic E-state index is 13.5. The summed E-state index contributed by atoms with van der Waals surface area (Å²) in [7, 11) is -0.0447. The summed E-state index contributed by atoms with van der Waals surface area (Å²) in [6.07, 6.45) is 2.90. The van der Waals surface area contributed by atoms with Gasteiger partial charge in [-0.3, -0.25) is 14.2 Å². The van der Waals surface area contributed by atoms with Gasteiger partial charge < -0.3 is 20.4 Å². The number of nitrogens with two attached hydrogens (primary N) is 1. The molecule has 0 saturated carbocycles. The van der Waals surface area contributed by atoms with Crippen molar-refractivity contribution in [2.75, 3.05) is 18.7 Å². The number of benzene rings is 2. The third-order valence-corrected chi connectivity index (χ3v) is 7.07. The van der Waals surface area contributed by atoms with Crippen molar-refractivity contribution in [1.29, 1.82) is 0 Å². The second-order valence-corrected chi connectivity index (χ2v) is 10.9. The summed E-state index contributed by atoms with van der Waals surface area (Å²) in [5.74, 6) is -0.137. The molecule has 0 radical (unpaired) electrons. The SMILES string of the molecule is COc1ccc(-n2c(C(N)=O)c3c4c(cn(C)c(=O)c42)-c2cc(CS(C)(=O)=O)ccc2NC3)cc1. The van der Waals surface area contributed by atoms with Crippen LogP contribution in [0.15, 0.2) is 53.5 Å². The summed E-state index contributed by atoms with van der Waals surface area (Å²) in [6, 6.07) is 12.4. The van der Waals surface area contributed by atoms with Crippen LogP contribution in [0.25, 0.3) is 27.7 Å². The first-order chi connectivity index (χ1) is 16.6. The highest BCUT2D eigenvalue weighted by molar-refractivity contribution is 7.89. The summed E-state index contributed by atoms with van der Waals surface area (Å²) >= 11 is 0. The highest BCUT2D eigenvalue weighted by Crippen LogP contribution is 2.41. The standard InChI is InChI=1S/C25H24N4O5S/c1-28-12-19-17-10-14(13-35(3,32)33)4-9-20(17)27-11-18-21(19)23(25(28)31)29(22(18)24(26)30)15-5-7-16(34-2)8-6-15/h4-10,12,27H,11,13H2,1-3H3,(H2,26,30). The first-order valence-electron chi connectivity index (χ1n) is 10.8. The van der Waals surface area contributed by atoms with Crippen molar-refractivity contribution in [3.8, 4) is 22.6 Å². The zero-order valence-corrected chi connectivity index (χ0v) is 20.3. The number of carbonyl (C=O) groups is 1. The van der Waals surface area contributed by atoms with E-state index >= 15 is 0 Å². The number of carbonyl (C=O) groups excluding carboxylic acids is 1. The minimum atomic E-state index is -3.25. The number of hydrogen-bond donors (Lipinski definition) is 2. The summed E-state index contributed by atoms with van der Waals surface area (Å²) in [6.45, 7) is 0.260. The molecule has 2 aromatic carbocycles. The van der Waals surface area contributed by atoms with E-state index in [1.54, 1.807) is 55.3 Å². The number of nitrogens with zero attached hydrogens (tertiary/aromatic N) is 2. The van der Waals surface area contributed by atoms with Crippen molar-refractivity contribution >= 4 is 32.3 Å². The van der Waals surface area contributed by atoms with Crippen LogP contribution in [0.3, 0.4) is 0 Å². The Morgan fingerprint density at radius 2 is 1.86 bits per heavy atom. The maximum absolute atomic E-state index is 13.5. The van der Waals surface area contributed by atoms with Crippen LogP contribution in [0.4, 0.5) is 5.69 Å². The number of fused-ring (bicyclic) bond motifs is 2. The van der Waals surface area contributed by atoms with Gasteiger partial charge in [-0.25, -0.2) is 8.42 Å². The fourth-order valence-corrected chi connectivity index (χ4v) is 5.55. The molecule has 180 valence electrons. The van der Waals surface area contributed by atoms with Crippen LogP contribution >= 0.6 is 0 Å². The summed E-state index contributed by atoms with van der Waals surface area (Å²) < 4.78 is 32.2. The molecule has 10 heteroatoms. The topological polar surface area (TPSA) is 125 Å². The number of anilines is 1. The number of pyridine rings is 1. The number of rotatable bonds is 5. The van der Waals surface area contributed by atoms with Crippen molar-refractivity contribution in [3.63, 3.8) is 0 Å². The fraction of sp³-hybridized carbons (Fsp3) is 0.200. The summed E-state index contributed by atoms with van der Waals surface area (Å²) in [4.78, 5) is 26.2. The molecule has 0 bridgehead atoms. The number of amides is 1. The molecule has 4 aromatic rings. The van der Waals surface area contributed by atoms with Crippen molar-refractivity contribution < 1.29 is 17.9 Å². The van der Waals surface area contributed by atoms with Crippen molar-refractivity contribution in [1.82, 2.24) is 9.13 Å². The molecule has 0 unspecified atom stereocenters. The largest absolute Gasteiger partial charge is 0.497 e. The molecule has 0 atom stereocenters. The Morgan fingerprint density at radius 3 is 2.49 bits per heavy atom. The van der Waals surface area contributed by atoms with Gasteiger partial charge in [0.05, 0.1) is 12.9 Å². The van der Waals surface area contributed by atoms with Crippen LogP contribution in [0.2, 0.25) is 0 Å². The summed E-state index contributed by atoms with van der Waals surface area (Å²) in [5, 5.41) is 3.95. The second kappa shape index (κ2) is 8.02. The quantitative estimate of drug-likeness (QED) is 0.441. The molecule has 0 spiro atoms. The third kappa shape index (κ3) is 3.75. The normalized spacial score (nSPS) is 12.7. The number of ether oxygens (including phenoxy) is 1. The van der Waals surface area contributed by atoms with Gasteiger partial charge in [-0.15, -0.1) is 0 Å². The molecular weight excluding hydrogens is 468 g/mol. The fourth-order valence-electron chi connectivity index (χ4n) is 4.77. The van der Waals surface area contributed by atoms with E-state index in [0.717, 1.165) is 11.3 Å². The van der Waals surface area contributed by atoms with Gasteiger partial charge in [0, 0.05) is 59.5 Å². The van der Waals surface area contributed by atoms with E-state index in [1.807, 2.05) is 12.1 Å². The van der Waals surface area contributed by atoms with Crippen LogP contribution in [-0.2, 0) is 29.2 Å². The number of hydrogen-bond acceptors (Lipinski definition) is 6.